The quantitative estimate of drug-likeness (QED) is 0.839. The van der Waals surface area contributed by atoms with E-state index in [1.807, 2.05) is 24.3 Å². The summed E-state index contributed by atoms with van der Waals surface area (Å²) in [6, 6.07) is 9.28. The van der Waals surface area contributed by atoms with Gasteiger partial charge in [0.2, 0.25) is 0 Å². The fourth-order valence-electron chi connectivity index (χ4n) is 1.52. The maximum atomic E-state index is 12.9. The third-order valence-electron chi connectivity index (χ3n) is 2.34. The van der Waals surface area contributed by atoms with Crippen molar-refractivity contribution in [3.63, 3.8) is 0 Å². The standard InChI is InChI=1S/C13H12ClFN2/c14-6-10-2-1-3-13(5-10)17-8-11-4-12(15)9-16-7-11/h1-5,7,9,17H,6,8H2. The molecule has 88 valence electrons. The number of alkyl halides is 1. The van der Waals surface area contributed by atoms with E-state index in [4.69, 9.17) is 11.6 Å². The van der Waals surface area contributed by atoms with Crippen LogP contribution >= 0.6 is 11.6 Å². The van der Waals surface area contributed by atoms with E-state index in [2.05, 4.69) is 10.3 Å². The number of rotatable bonds is 4. The molecule has 1 aromatic carbocycles. The van der Waals surface area contributed by atoms with Crippen molar-refractivity contribution in [1.29, 1.82) is 0 Å². The summed E-state index contributed by atoms with van der Waals surface area (Å²) in [6.07, 6.45) is 2.83. The monoisotopic (exact) mass is 250 g/mol. The molecule has 0 aliphatic rings. The largest absolute Gasteiger partial charge is 0.381 e. The molecule has 2 aromatic rings. The normalized spacial score (nSPS) is 10.2. The molecule has 2 rings (SSSR count). The first kappa shape index (κ1) is 11.9. The van der Waals surface area contributed by atoms with E-state index < -0.39 is 0 Å². The number of pyridine rings is 1. The highest BCUT2D eigenvalue weighted by atomic mass is 35.5. The van der Waals surface area contributed by atoms with Crippen LogP contribution in [0.5, 0.6) is 0 Å². The van der Waals surface area contributed by atoms with Crippen LogP contribution in [0.2, 0.25) is 0 Å². The van der Waals surface area contributed by atoms with Gasteiger partial charge in [-0.05, 0) is 29.3 Å². The van der Waals surface area contributed by atoms with E-state index in [1.165, 1.54) is 12.3 Å². The topological polar surface area (TPSA) is 24.9 Å². The number of nitrogens with one attached hydrogen (secondary N) is 1. The fourth-order valence-corrected chi connectivity index (χ4v) is 1.69. The minimum Gasteiger partial charge on any atom is -0.381 e. The number of hydrogen-bond donors (Lipinski definition) is 1. The van der Waals surface area contributed by atoms with E-state index in [9.17, 15) is 4.39 Å². The Bertz CT molecular complexity index is 502. The van der Waals surface area contributed by atoms with Crippen molar-refractivity contribution in [3.8, 4) is 0 Å². The third kappa shape index (κ3) is 3.43. The van der Waals surface area contributed by atoms with Gasteiger partial charge in [-0.2, -0.15) is 0 Å². The Morgan fingerprint density at radius 1 is 1.18 bits per heavy atom. The fraction of sp³-hybridized carbons (Fsp3) is 0.154. The van der Waals surface area contributed by atoms with E-state index in [0.29, 0.717) is 12.4 Å². The van der Waals surface area contributed by atoms with Gasteiger partial charge in [0, 0.05) is 24.3 Å². The van der Waals surface area contributed by atoms with Gasteiger partial charge in [0.15, 0.2) is 0 Å². The maximum Gasteiger partial charge on any atom is 0.141 e. The van der Waals surface area contributed by atoms with Crippen LogP contribution in [0.25, 0.3) is 0 Å². The molecule has 0 saturated heterocycles. The molecule has 0 saturated carbocycles. The lowest BCUT2D eigenvalue weighted by Gasteiger charge is -2.07. The van der Waals surface area contributed by atoms with Gasteiger partial charge in [0.1, 0.15) is 5.82 Å². The Hall–Kier alpha value is -1.61. The van der Waals surface area contributed by atoms with E-state index in [0.717, 1.165) is 16.8 Å². The molecule has 4 heteroatoms. The summed E-state index contributed by atoms with van der Waals surface area (Å²) in [6.45, 7) is 0.538. The molecule has 0 radical (unpaired) electrons. The van der Waals surface area contributed by atoms with E-state index >= 15 is 0 Å². The second-order valence-electron chi connectivity index (χ2n) is 3.70. The number of hydrogen-bond acceptors (Lipinski definition) is 2. The first-order valence-corrected chi connectivity index (χ1v) is 5.79. The summed E-state index contributed by atoms with van der Waals surface area (Å²) in [7, 11) is 0. The minimum absolute atomic E-state index is 0.321. The number of aromatic nitrogens is 1. The lowest BCUT2D eigenvalue weighted by atomic mass is 10.2. The smallest absolute Gasteiger partial charge is 0.141 e. The summed E-state index contributed by atoms with van der Waals surface area (Å²) < 4.78 is 12.9. The van der Waals surface area contributed by atoms with Crippen molar-refractivity contribution in [2.75, 3.05) is 5.32 Å². The summed E-state index contributed by atoms with van der Waals surface area (Å²) >= 11 is 5.75. The van der Waals surface area contributed by atoms with Crippen LogP contribution in [-0.4, -0.2) is 4.98 Å². The van der Waals surface area contributed by atoms with Gasteiger partial charge in [0.05, 0.1) is 6.20 Å². The molecule has 0 bridgehead atoms. The Labute approximate surface area is 104 Å². The second kappa shape index (κ2) is 5.64. The molecule has 0 aliphatic heterocycles. The zero-order valence-electron chi connectivity index (χ0n) is 9.16. The molecule has 1 aromatic heterocycles. The maximum absolute atomic E-state index is 12.9. The average Bonchev–Trinajstić information content (AvgIpc) is 2.37. The van der Waals surface area contributed by atoms with Crippen molar-refractivity contribution >= 4 is 17.3 Å². The Morgan fingerprint density at radius 3 is 2.82 bits per heavy atom. The van der Waals surface area contributed by atoms with Crippen LogP contribution in [0, 0.1) is 5.82 Å². The van der Waals surface area contributed by atoms with Gasteiger partial charge in [-0.1, -0.05) is 12.1 Å². The van der Waals surface area contributed by atoms with Crippen molar-refractivity contribution in [1.82, 2.24) is 4.98 Å². The summed E-state index contributed by atoms with van der Waals surface area (Å²) in [4.78, 5) is 3.79. The van der Waals surface area contributed by atoms with Crippen molar-refractivity contribution in [2.24, 2.45) is 0 Å². The predicted octanol–water partition coefficient (Wildman–Crippen LogP) is 3.57. The highest BCUT2D eigenvalue weighted by Gasteiger charge is 1.98. The van der Waals surface area contributed by atoms with Crippen LogP contribution < -0.4 is 5.32 Å². The second-order valence-corrected chi connectivity index (χ2v) is 3.97. The molecule has 0 fully saturated rings. The van der Waals surface area contributed by atoms with Gasteiger partial charge in [-0.25, -0.2) is 4.39 Å². The summed E-state index contributed by atoms with van der Waals surface area (Å²) in [5, 5.41) is 3.20. The molecular weight excluding hydrogens is 239 g/mol. The lowest BCUT2D eigenvalue weighted by Crippen LogP contribution is -2.00. The summed E-state index contributed by atoms with van der Waals surface area (Å²) in [5.41, 5.74) is 2.82. The van der Waals surface area contributed by atoms with Gasteiger partial charge in [-0.3, -0.25) is 4.98 Å². The van der Waals surface area contributed by atoms with Crippen molar-refractivity contribution in [3.05, 3.63) is 59.7 Å². The molecule has 0 atom stereocenters. The molecule has 1 heterocycles. The Balaban J connectivity index is 2.02. The van der Waals surface area contributed by atoms with Crippen LogP contribution in [-0.2, 0) is 12.4 Å². The molecule has 0 spiro atoms. The highest BCUT2D eigenvalue weighted by molar-refractivity contribution is 6.17. The molecule has 0 amide bonds. The van der Waals surface area contributed by atoms with Gasteiger partial charge in [-0.15, -0.1) is 11.6 Å². The lowest BCUT2D eigenvalue weighted by molar-refractivity contribution is 0.619. The zero-order chi connectivity index (χ0) is 12.1. The first-order valence-electron chi connectivity index (χ1n) is 5.26. The van der Waals surface area contributed by atoms with Crippen molar-refractivity contribution in [2.45, 2.75) is 12.4 Å². The number of benzene rings is 1. The summed E-state index contributed by atoms with van der Waals surface area (Å²) in [5.74, 6) is 0.163. The van der Waals surface area contributed by atoms with Gasteiger partial charge >= 0.3 is 0 Å². The minimum atomic E-state index is -0.321. The van der Waals surface area contributed by atoms with E-state index in [1.54, 1.807) is 6.20 Å². The highest BCUT2D eigenvalue weighted by Crippen LogP contribution is 2.13. The van der Waals surface area contributed by atoms with Crippen LogP contribution in [0.15, 0.2) is 42.7 Å². The van der Waals surface area contributed by atoms with Crippen LogP contribution in [0.1, 0.15) is 11.1 Å². The van der Waals surface area contributed by atoms with E-state index in [-0.39, 0.29) is 5.82 Å². The number of nitrogens with zero attached hydrogens (tertiary/aromatic N) is 1. The molecular formula is C13H12ClFN2. The Morgan fingerprint density at radius 2 is 2.06 bits per heavy atom. The third-order valence-corrected chi connectivity index (χ3v) is 2.65. The number of anilines is 1. The molecule has 0 unspecified atom stereocenters. The zero-order valence-corrected chi connectivity index (χ0v) is 9.91. The SMILES string of the molecule is Fc1cncc(CNc2cccc(CCl)c2)c1. The van der Waals surface area contributed by atoms with Crippen LogP contribution in [0.4, 0.5) is 10.1 Å². The number of halogens is 2. The molecule has 0 aliphatic carbocycles. The predicted molar refractivity (Wildman–Crippen MR) is 67.5 cm³/mol. The van der Waals surface area contributed by atoms with Crippen LogP contribution in [0.3, 0.4) is 0 Å². The molecule has 2 nitrogen and oxygen atoms in total. The first-order chi connectivity index (χ1) is 8.28. The Kier molecular flexibility index (Phi) is 3.94. The molecule has 1 N–H and O–H groups in total. The van der Waals surface area contributed by atoms with Gasteiger partial charge < -0.3 is 5.32 Å². The van der Waals surface area contributed by atoms with Gasteiger partial charge in [0.25, 0.3) is 0 Å². The molecule has 17 heavy (non-hydrogen) atoms. The van der Waals surface area contributed by atoms with Crippen molar-refractivity contribution < 1.29 is 4.39 Å². The average molecular weight is 251 g/mol.